The second-order valence-corrected chi connectivity index (χ2v) is 7.64. The quantitative estimate of drug-likeness (QED) is 0.645. The summed E-state index contributed by atoms with van der Waals surface area (Å²) in [6, 6.07) is 2.21. The molecular formula is C20H23F3N6O. The van der Waals surface area contributed by atoms with Crippen molar-refractivity contribution in [2.75, 3.05) is 6.54 Å². The highest BCUT2D eigenvalue weighted by atomic mass is 19.4. The molecule has 1 aliphatic rings. The Morgan fingerprint density at radius 1 is 1.23 bits per heavy atom. The minimum Gasteiger partial charge on any atom is -0.335 e. The largest absolute Gasteiger partial charge is 0.433 e. The summed E-state index contributed by atoms with van der Waals surface area (Å²) in [5.74, 6) is 0.796. The Hall–Kier alpha value is -2.91. The SMILES string of the molecule is Cc1cc(C(F)(F)F)n2nc(C3CCCCN3C(=O)CCn3ccnc3C)cc2n1. The molecule has 0 bridgehead atoms. The third kappa shape index (κ3) is 3.90. The average Bonchev–Trinajstić information content (AvgIpc) is 3.30. The number of aryl methyl sites for hydroxylation is 3. The van der Waals surface area contributed by atoms with Crippen molar-refractivity contribution in [1.82, 2.24) is 29.0 Å². The van der Waals surface area contributed by atoms with E-state index in [9.17, 15) is 18.0 Å². The summed E-state index contributed by atoms with van der Waals surface area (Å²) >= 11 is 0. The number of piperidine rings is 1. The molecule has 1 amide bonds. The summed E-state index contributed by atoms with van der Waals surface area (Å²) in [4.78, 5) is 23.1. The summed E-state index contributed by atoms with van der Waals surface area (Å²) in [5, 5.41) is 4.23. The van der Waals surface area contributed by atoms with Gasteiger partial charge in [-0.05, 0) is 39.2 Å². The Bertz CT molecular complexity index is 1070. The van der Waals surface area contributed by atoms with E-state index in [2.05, 4.69) is 15.1 Å². The molecule has 1 fully saturated rings. The molecule has 4 heterocycles. The van der Waals surface area contributed by atoms with Crippen molar-refractivity contribution in [3.63, 3.8) is 0 Å². The molecule has 10 heteroatoms. The normalized spacial score (nSPS) is 17.6. The number of halogens is 3. The smallest absolute Gasteiger partial charge is 0.335 e. The summed E-state index contributed by atoms with van der Waals surface area (Å²) in [6.45, 7) is 4.48. The van der Waals surface area contributed by atoms with Gasteiger partial charge in [-0.1, -0.05) is 0 Å². The van der Waals surface area contributed by atoms with Crippen LogP contribution in [0, 0.1) is 13.8 Å². The van der Waals surface area contributed by atoms with Crippen molar-refractivity contribution in [2.45, 2.75) is 58.3 Å². The second kappa shape index (κ2) is 7.73. The highest BCUT2D eigenvalue weighted by molar-refractivity contribution is 5.76. The van der Waals surface area contributed by atoms with Crippen LogP contribution in [-0.4, -0.2) is 41.5 Å². The van der Waals surface area contributed by atoms with Gasteiger partial charge in [0, 0.05) is 43.7 Å². The van der Waals surface area contributed by atoms with E-state index in [-0.39, 0.29) is 23.3 Å². The van der Waals surface area contributed by atoms with Gasteiger partial charge in [0.2, 0.25) is 5.91 Å². The number of likely N-dealkylation sites (tertiary alicyclic amines) is 1. The van der Waals surface area contributed by atoms with Gasteiger partial charge >= 0.3 is 6.18 Å². The minimum atomic E-state index is -4.54. The van der Waals surface area contributed by atoms with Gasteiger partial charge in [-0.2, -0.15) is 18.3 Å². The Morgan fingerprint density at radius 3 is 2.73 bits per heavy atom. The Morgan fingerprint density at radius 2 is 2.03 bits per heavy atom. The first-order valence-corrected chi connectivity index (χ1v) is 9.96. The average molecular weight is 420 g/mol. The van der Waals surface area contributed by atoms with Crippen LogP contribution in [0.3, 0.4) is 0 Å². The lowest BCUT2D eigenvalue weighted by Gasteiger charge is -2.35. The molecule has 0 saturated carbocycles. The number of carbonyl (C=O) groups excluding carboxylic acids is 1. The summed E-state index contributed by atoms with van der Waals surface area (Å²) in [6.07, 6.45) is 1.69. The van der Waals surface area contributed by atoms with Crippen molar-refractivity contribution >= 4 is 11.6 Å². The maximum absolute atomic E-state index is 13.5. The van der Waals surface area contributed by atoms with E-state index < -0.39 is 11.9 Å². The number of amides is 1. The zero-order chi connectivity index (χ0) is 21.5. The maximum atomic E-state index is 13.5. The molecule has 0 N–H and O–H groups in total. The lowest BCUT2D eigenvalue weighted by Crippen LogP contribution is -2.39. The van der Waals surface area contributed by atoms with E-state index in [0.29, 0.717) is 31.6 Å². The number of hydrogen-bond donors (Lipinski definition) is 0. The summed E-state index contributed by atoms with van der Waals surface area (Å²) in [7, 11) is 0. The fourth-order valence-corrected chi connectivity index (χ4v) is 4.02. The van der Waals surface area contributed by atoms with Crippen LogP contribution in [0.4, 0.5) is 13.2 Å². The minimum absolute atomic E-state index is 0.0370. The third-order valence-corrected chi connectivity index (χ3v) is 5.52. The van der Waals surface area contributed by atoms with Gasteiger partial charge in [-0.25, -0.2) is 14.5 Å². The Balaban J connectivity index is 1.61. The maximum Gasteiger partial charge on any atom is 0.433 e. The molecule has 1 saturated heterocycles. The molecule has 1 unspecified atom stereocenters. The molecule has 4 rings (SSSR count). The second-order valence-electron chi connectivity index (χ2n) is 7.64. The van der Waals surface area contributed by atoms with Crippen LogP contribution in [-0.2, 0) is 17.5 Å². The highest BCUT2D eigenvalue weighted by Gasteiger charge is 2.36. The van der Waals surface area contributed by atoms with Crippen molar-refractivity contribution in [3.05, 3.63) is 47.4 Å². The molecule has 0 aromatic carbocycles. The Labute approximate surface area is 171 Å². The number of fused-ring (bicyclic) bond motifs is 1. The fraction of sp³-hybridized carbons (Fsp3) is 0.500. The molecular weight excluding hydrogens is 397 g/mol. The summed E-state index contributed by atoms with van der Waals surface area (Å²) in [5.41, 5.74) is 0.00358. The molecule has 160 valence electrons. The van der Waals surface area contributed by atoms with Crippen molar-refractivity contribution in [3.8, 4) is 0 Å². The molecule has 0 radical (unpaired) electrons. The van der Waals surface area contributed by atoms with E-state index in [1.807, 2.05) is 17.7 Å². The first kappa shape index (κ1) is 20.4. The number of imidazole rings is 1. The number of rotatable bonds is 4. The van der Waals surface area contributed by atoms with Gasteiger partial charge in [0.15, 0.2) is 5.65 Å². The highest BCUT2D eigenvalue weighted by Crippen LogP contribution is 2.34. The number of hydrogen-bond acceptors (Lipinski definition) is 4. The van der Waals surface area contributed by atoms with Crippen molar-refractivity contribution in [2.24, 2.45) is 0 Å². The molecule has 7 nitrogen and oxygen atoms in total. The van der Waals surface area contributed by atoms with Crippen LogP contribution in [0.1, 0.15) is 54.6 Å². The third-order valence-electron chi connectivity index (χ3n) is 5.52. The predicted molar refractivity (Wildman–Crippen MR) is 103 cm³/mol. The Kier molecular flexibility index (Phi) is 5.25. The molecule has 0 aliphatic carbocycles. The van der Waals surface area contributed by atoms with Crippen LogP contribution in [0.5, 0.6) is 0 Å². The van der Waals surface area contributed by atoms with Gasteiger partial charge in [-0.3, -0.25) is 4.79 Å². The van der Waals surface area contributed by atoms with Gasteiger partial charge < -0.3 is 9.47 Å². The number of carbonyl (C=O) groups is 1. The zero-order valence-corrected chi connectivity index (χ0v) is 16.9. The van der Waals surface area contributed by atoms with Gasteiger partial charge in [0.1, 0.15) is 11.5 Å². The molecule has 3 aromatic heterocycles. The van der Waals surface area contributed by atoms with E-state index >= 15 is 0 Å². The van der Waals surface area contributed by atoms with Gasteiger partial charge in [0.25, 0.3) is 0 Å². The zero-order valence-electron chi connectivity index (χ0n) is 16.9. The topological polar surface area (TPSA) is 68.3 Å². The summed E-state index contributed by atoms with van der Waals surface area (Å²) < 4.78 is 43.1. The molecule has 0 spiro atoms. The van der Waals surface area contributed by atoms with E-state index in [1.165, 1.54) is 6.92 Å². The van der Waals surface area contributed by atoms with E-state index in [1.54, 1.807) is 17.2 Å². The first-order valence-electron chi connectivity index (χ1n) is 9.96. The van der Waals surface area contributed by atoms with Crippen LogP contribution < -0.4 is 0 Å². The van der Waals surface area contributed by atoms with Gasteiger partial charge in [-0.15, -0.1) is 0 Å². The van der Waals surface area contributed by atoms with Crippen LogP contribution in [0.2, 0.25) is 0 Å². The molecule has 1 atom stereocenters. The monoisotopic (exact) mass is 420 g/mol. The van der Waals surface area contributed by atoms with Crippen LogP contribution in [0.25, 0.3) is 5.65 Å². The number of alkyl halides is 3. The standard InChI is InChI=1S/C20H23F3N6O/c1-13-11-17(20(21,22)23)29-18(25-13)12-15(26-29)16-5-3-4-8-28(16)19(30)6-9-27-10-7-24-14(27)2/h7,10-12,16H,3-6,8-9H2,1-2H3. The number of nitrogens with zero attached hydrogens (tertiary/aromatic N) is 6. The molecule has 3 aromatic rings. The first-order chi connectivity index (χ1) is 14.2. The van der Waals surface area contributed by atoms with Crippen LogP contribution in [0.15, 0.2) is 24.5 Å². The molecule has 1 aliphatic heterocycles. The van der Waals surface area contributed by atoms with Crippen LogP contribution >= 0.6 is 0 Å². The van der Waals surface area contributed by atoms with E-state index in [0.717, 1.165) is 29.2 Å². The van der Waals surface area contributed by atoms with E-state index in [4.69, 9.17) is 0 Å². The van der Waals surface area contributed by atoms with Crippen molar-refractivity contribution < 1.29 is 18.0 Å². The lowest BCUT2D eigenvalue weighted by atomic mass is 9.99. The molecule has 30 heavy (non-hydrogen) atoms. The van der Waals surface area contributed by atoms with Gasteiger partial charge in [0.05, 0.1) is 11.7 Å². The number of aromatic nitrogens is 5. The lowest BCUT2D eigenvalue weighted by molar-refractivity contribution is -0.143. The predicted octanol–water partition coefficient (Wildman–Crippen LogP) is 3.71. The van der Waals surface area contributed by atoms with Crippen molar-refractivity contribution in [1.29, 1.82) is 0 Å². The fourth-order valence-electron chi connectivity index (χ4n) is 4.02.